The largest absolute Gasteiger partial charge is 0.466 e. The summed E-state index contributed by atoms with van der Waals surface area (Å²) < 4.78 is 5.07. The van der Waals surface area contributed by atoms with Crippen molar-refractivity contribution < 1.29 is 14.5 Å². The molecule has 1 aromatic heterocycles. The molecule has 0 saturated carbocycles. The van der Waals surface area contributed by atoms with E-state index in [2.05, 4.69) is 15.3 Å². The molecule has 1 saturated heterocycles. The van der Waals surface area contributed by atoms with Gasteiger partial charge in [0, 0.05) is 23.8 Å². The fourth-order valence-electron chi connectivity index (χ4n) is 3.15. The molecule has 1 N–H and O–H groups in total. The van der Waals surface area contributed by atoms with Gasteiger partial charge in [-0.15, -0.1) is 0 Å². The molecule has 0 unspecified atom stereocenters. The Bertz CT molecular complexity index is 871. The van der Waals surface area contributed by atoms with Gasteiger partial charge in [0.05, 0.1) is 17.4 Å². The Kier molecular flexibility index (Phi) is 6.25. The van der Waals surface area contributed by atoms with E-state index < -0.39 is 4.92 Å². The van der Waals surface area contributed by atoms with E-state index in [-0.39, 0.29) is 29.2 Å². The predicted molar refractivity (Wildman–Crippen MR) is 105 cm³/mol. The average Bonchev–Trinajstić information content (AvgIpc) is 2.68. The monoisotopic (exact) mass is 405 g/mol. The average molecular weight is 406 g/mol. The first-order chi connectivity index (χ1) is 13.5. The fraction of sp³-hybridized carbons (Fsp3) is 0.389. The van der Waals surface area contributed by atoms with Gasteiger partial charge in [0.15, 0.2) is 0 Å². The fourth-order valence-corrected chi connectivity index (χ4v) is 3.34. The number of anilines is 3. The number of hydrogen-bond donors (Lipinski definition) is 1. The van der Waals surface area contributed by atoms with Crippen molar-refractivity contribution in [3.63, 3.8) is 0 Å². The van der Waals surface area contributed by atoms with Crippen molar-refractivity contribution >= 4 is 40.6 Å². The number of halogens is 1. The normalized spacial score (nSPS) is 14.6. The molecule has 28 heavy (non-hydrogen) atoms. The molecular weight excluding hydrogens is 386 g/mol. The number of ether oxygens (including phenoxy) is 1. The third-order valence-corrected chi connectivity index (χ3v) is 4.72. The minimum atomic E-state index is -0.500. The number of aromatic nitrogens is 2. The minimum absolute atomic E-state index is 0.0878. The van der Waals surface area contributed by atoms with Gasteiger partial charge in [0.1, 0.15) is 6.33 Å². The van der Waals surface area contributed by atoms with Crippen molar-refractivity contribution in [2.24, 2.45) is 5.92 Å². The van der Waals surface area contributed by atoms with Crippen LogP contribution in [0, 0.1) is 16.0 Å². The summed E-state index contributed by atoms with van der Waals surface area (Å²) in [7, 11) is 0. The lowest BCUT2D eigenvalue weighted by atomic mass is 9.97. The van der Waals surface area contributed by atoms with E-state index in [9.17, 15) is 14.9 Å². The highest BCUT2D eigenvalue weighted by Crippen LogP contribution is 2.35. The highest BCUT2D eigenvalue weighted by atomic mass is 35.5. The maximum absolute atomic E-state index is 11.9. The standard InChI is InChI=1S/C18H20ClN5O4/c1-2-28-18(25)12-6-8-23(9-7-12)17-15(24(26)27)16(20-11-21-17)22-14-5-3-4-13(19)10-14/h3-5,10-12H,2,6-9H2,1H3,(H,20,21,22). The van der Waals surface area contributed by atoms with Crippen LogP contribution in [0.5, 0.6) is 0 Å². The number of hydrogen-bond acceptors (Lipinski definition) is 8. The molecule has 1 aliphatic heterocycles. The summed E-state index contributed by atoms with van der Waals surface area (Å²) in [5.41, 5.74) is 0.373. The van der Waals surface area contributed by atoms with Gasteiger partial charge in [0.25, 0.3) is 0 Å². The van der Waals surface area contributed by atoms with Crippen molar-refractivity contribution in [2.45, 2.75) is 19.8 Å². The number of rotatable bonds is 6. The number of nitrogens with one attached hydrogen (secondary N) is 1. The van der Waals surface area contributed by atoms with Crippen molar-refractivity contribution in [3.8, 4) is 0 Å². The number of nitrogens with zero attached hydrogens (tertiary/aromatic N) is 4. The molecule has 0 bridgehead atoms. The van der Waals surface area contributed by atoms with Gasteiger partial charge in [-0.3, -0.25) is 14.9 Å². The molecule has 0 spiro atoms. The zero-order chi connectivity index (χ0) is 20.1. The second-order valence-electron chi connectivity index (χ2n) is 6.30. The molecule has 3 rings (SSSR count). The van der Waals surface area contributed by atoms with Crippen LogP contribution in [-0.4, -0.2) is 40.6 Å². The van der Waals surface area contributed by atoms with Crippen LogP contribution in [-0.2, 0) is 9.53 Å². The Hall–Kier alpha value is -2.94. The van der Waals surface area contributed by atoms with Gasteiger partial charge in [0.2, 0.25) is 11.6 Å². The molecular formula is C18H20ClN5O4. The number of carbonyl (C=O) groups is 1. The van der Waals surface area contributed by atoms with E-state index in [0.29, 0.717) is 43.2 Å². The Balaban J connectivity index is 1.82. The van der Waals surface area contributed by atoms with Crippen LogP contribution in [0.25, 0.3) is 0 Å². The van der Waals surface area contributed by atoms with Gasteiger partial charge in [-0.25, -0.2) is 9.97 Å². The highest BCUT2D eigenvalue weighted by molar-refractivity contribution is 6.30. The van der Waals surface area contributed by atoms with E-state index in [1.54, 1.807) is 36.1 Å². The van der Waals surface area contributed by atoms with Gasteiger partial charge in [-0.1, -0.05) is 17.7 Å². The number of carbonyl (C=O) groups excluding carboxylic acids is 1. The summed E-state index contributed by atoms with van der Waals surface area (Å²) >= 11 is 5.98. The van der Waals surface area contributed by atoms with Crippen LogP contribution in [0.3, 0.4) is 0 Å². The van der Waals surface area contributed by atoms with Gasteiger partial charge in [-0.2, -0.15) is 0 Å². The molecule has 148 valence electrons. The molecule has 0 atom stereocenters. The molecule has 0 radical (unpaired) electrons. The summed E-state index contributed by atoms with van der Waals surface area (Å²) in [5.74, 6) is -0.0968. The van der Waals surface area contributed by atoms with E-state index >= 15 is 0 Å². The van der Waals surface area contributed by atoms with Crippen molar-refractivity contribution in [2.75, 3.05) is 29.9 Å². The third-order valence-electron chi connectivity index (χ3n) is 4.49. The summed E-state index contributed by atoms with van der Waals surface area (Å²) in [6, 6.07) is 6.83. The summed E-state index contributed by atoms with van der Waals surface area (Å²) in [5, 5.41) is 15.2. The molecule has 0 aliphatic carbocycles. The smallest absolute Gasteiger partial charge is 0.353 e. The second-order valence-corrected chi connectivity index (χ2v) is 6.74. The minimum Gasteiger partial charge on any atom is -0.466 e. The molecule has 9 nitrogen and oxygen atoms in total. The molecule has 2 aromatic rings. The summed E-state index contributed by atoms with van der Waals surface area (Å²) in [6.07, 6.45) is 2.39. The van der Waals surface area contributed by atoms with Gasteiger partial charge in [-0.05, 0) is 38.0 Å². The van der Waals surface area contributed by atoms with Crippen molar-refractivity contribution in [1.82, 2.24) is 9.97 Å². The van der Waals surface area contributed by atoms with Crippen LogP contribution in [0.15, 0.2) is 30.6 Å². The first-order valence-corrected chi connectivity index (χ1v) is 9.31. The Morgan fingerprint density at radius 2 is 2.14 bits per heavy atom. The molecule has 2 heterocycles. The number of piperidine rings is 1. The van der Waals surface area contributed by atoms with E-state index in [4.69, 9.17) is 16.3 Å². The topological polar surface area (TPSA) is 110 Å². The molecule has 1 aromatic carbocycles. The Morgan fingerprint density at radius 1 is 1.39 bits per heavy atom. The summed E-state index contributed by atoms with van der Waals surface area (Å²) in [6.45, 7) is 3.05. The van der Waals surface area contributed by atoms with Gasteiger partial charge < -0.3 is 15.0 Å². The van der Waals surface area contributed by atoms with Crippen LogP contribution >= 0.6 is 11.6 Å². The quantitative estimate of drug-likeness (QED) is 0.441. The van der Waals surface area contributed by atoms with Crippen LogP contribution in [0.4, 0.5) is 23.0 Å². The number of nitro groups is 1. The molecule has 1 aliphatic rings. The van der Waals surface area contributed by atoms with Gasteiger partial charge >= 0.3 is 11.7 Å². The molecule has 1 fully saturated rings. The zero-order valence-corrected chi connectivity index (χ0v) is 16.1. The van der Waals surface area contributed by atoms with Crippen molar-refractivity contribution in [3.05, 3.63) is 45.7 Å². The Morgan fingerprint density at radius 3 is 2.79 bits per heavy atom. The van der Waals surface area contributed by atoms with Crippen LogP contribution < -0.4 is 10.2 Å². The lowest BCUT2D eigenvalue weighted by Gasteiger charge is -2.31. The first kappa shape index (κ1) is 19.8. The summed E-state index contributed by atoms with van der Waals surface area (Å²) in [4.78, 5) is 33.1. The van der Waals surface area contributed by atoms with Crippen LogP contribution in [0.1, 0.15) is 19.8 Å². The second kappa shape index (κ2) is 8.83. The predicted octanol–water partition coefficient (Wildman–Crippen LogP) is 3.56. The zero-order valence-electron chi connectivity index (χ0n) is 15.3. The van der Waals surface area contributed by atoms with Crippen LogP contribution in [0.2, 0.25) is 5.02 Å². The lowest BCUT2D eigenvalue weighted by Crippen LogP contribution is -2.37. The molecule has 10 heteroatoms. The SMILES string of the molecule is CCOC(=O)C1CCN(c2ncnc(Nc3cccc(Cl)c3)c2[N+](=O)[O-])CC1. The highest BCUT2D eigenvalue weighted by Gasteiger charge is 2.32. The maximum Gasteiger partial charge on any atom is 0.353 e. The van der Waals surface area contributed by atoms with Crippen molar-refractivity contribution in [1.29, 1.82) is 0 Å². The number of esters is 1. The lowest BCUT2D eigenvalue weighted by molar-refractivity contribution is -0.383. The van der Waals surface area contributed by atoms with E-state index in [1.165, 1.54) is 6.33 Å². The maximum atomic E-state index is 11.9. The molecule has 0 amide bonds. The Labute approximate surface area is 166 Å². The van der Waals surface area contributed by atoms with E-state index in [0.717, 1.165) is 0 Å². The third kappa shape index (κ3) is 4.48. The van der Waals surface area contributed by atoms with E-state index in [1.807, 2.05) is 0 Å². The first-order valence-electron chi connectivity index (χ1n) is 8.93. The number of benzene rings is 1.